The van der Waals surface area contributed by atoms with Crippen molar-refractivity contribution in [1.29, 1.82) is 0 Å². The third kappa shape index (κ3) is 14.1. The fourth-order valence-electron chi connectivity index (χ4n) is 8.31. The molecule has 3 aromatic carbocycles. The Labute approximate surface area is 388 Å². The Morgan fingerprint density at radius 1 is 0.552 bits per heavy atom. The molecule has 21 heteroatoms. The van der Waals surface area contributed by atoms with Gasteiger partial charge in [0, 0.05) is 27.8 Å². The van der Waals surface area contributed by atoms with Gasteiger partial charge in [-0.05, 0) is 66.9 Å². The minimum absolute atomic E-state index is 0.0437. The number of esters is 1. The van der Waals surface area contributed by atoms with E-state index < -0.39 is 91.9 Å². The molecule has 0 bridgehead atoms. The van der Waals surface area contributed by atoms with E-state index in [1.807, 2.05) is 91.0 Å². The molecular weight excluding hydrogens is 871 g/mol. The van der Waals surface area contributed by atoms with Gasteiger partial charge in [0.05, 0.1) is 69.5 Å². The quantitative estimate of drug-likeness (QED) is 0.0312. The highest BCUT2D eigenvalue weighted by Crippen LogP contribution is 2.38. The minimum atomic E-state index is -1.55. The van der Waals surface area contributed by atoms with Crippen molar-refractivity contribution in [2.45, 2.75) is 158 Å². The minimum Gasteiger partial charge on any atom is -0.469 e. The zero-order valence-electron chi connectivity index (χ0n) is 37.9. The Balaban J connectivity index is 1.37. The monoisotopic (exact) mass is 929 g/mol. The van der Waals surface area contributed by atoms with Crippen molar-refractivity contribution in [3.05, 3.63) is 139 Å². The standard InChI is InChI=1S/C46H59N9O12/c1-28-35(50-53-47)39(60-25-31-17-9-5-10-18-31)38(57)44(63-28)66-43-41(62-27-33-21-13-7-14-22-33)37(52-55-49)30(3)65-46(43)67-42-40(61-26-32-19-11-6-12-20-32)36(51-54-48)29(2)64-45(42)59-24-16-8-15-23-34(56)58-4/h5-7,9-14,17-22,28-30,35-46,57H,8,15-16,23-27H2,1-4H3/t28?,29?,30?,35?,36?,37?,38?,39?,40?,41?,42?,43?,44-,45+,46-/m1/s1. The van der Waals surface area contributed by atoms with Crippen LogP contribution < -0.4 is 0 Å². The van der Waals surface area contributed by atoms with Crippen LogP contribution in [0.1, 0.15) is 63.1 Å². The number of unbranched alkanes of at least 4 members (excludes halogenated alkanes) is 2. The number of aliphatic hydroxyl groups excluding tert-OH is 1. The largest absolute Gasteiger partial charge is 0.469 e. The van der Waals surface area contributed by atoms with Gasteiger partial charge in [-0.3, -0.25) is 4.79 Å². The second-order valence-electron chi connectivity index (χ2n) is 16.4. The fourth-order valence-corrected chi connectivity index (χ4v) is 8.31. The van der Waals surface area contributed by atoms with Gasteiger partial charge in [-0.2, -0.15) is 0 Å². The second kappa shape index (κ2) is 26.3. The van der Waals surface area contributed by atoms with Gasteiger partial charge in [-0.1, -0.05) is 113 Å². The number of benzene rings is 3. The van der Waals surface area contributed by atoms with Crippen LogP contribution in [0.4, 0.5) is 0 Å². The van der Waals surface area contributed by atoms with Crippen molar-refractivity contribution >= 4 is 5.97 Å². The predicted molar refractivity (Wildman–Crippen MR) is 239 cm³/mol. The van der Waals surface area contributed by atoms with Gasteiger partial charge in [0.15, 0.2) is 18.9 Å². The number of carbonyl (C=O) groups excluding carboxylic acids is 1. The van der Waals surface area contributed by atoms with E-state index >= 15 is 0 Å². The van der Waals surface area contributed by atoms with E-state index in [-0.39, 0.29) is 38.8 Å². The number of rotatable bonds is 23. The molecule has 1 N–H and O–H groups in total. The average molecular weight is 930 g/mol. The maximum absolute atomic E-state index is 12.1. The molecular formula is C46H59N9O12. The Morgan fingerprint density at radius 2 is 0.955 bits per heavy atom. The summed E-state index contributed by atoms with van der Waals surface area (Å²) < 4.78 is 63.7. The highest BCUT2D eigenvalue weighted by atomic mass is 16.8. The van der Waals surface area contributed by atoms with E-state index in [1.54, 1.807) is 20.8 Å². The molecule has 0 radical (unpaired) electrons. The van der Waals surface area contributed by atoms with Crippen LogP contribution in [0.3, 0.4) is 0 Å². The summed E-state index contributed by atoms with van der Waals surface area (Å²) in [5, 5.41) is 24.2. The predicted octanol–water partition coefficient (Wildman–Crippen LogP) is 7.90. The first-order valence-corrected chi connectivity index (χ1v) is 22.4. The van der Waals surface area contributed by atoms with Crippen molar-refractivity contribution in [1.82, 2.24) is 0 Å². The maximum atomic E-state index is 12.1. The van der Waals surface area contributed by atoms with Gasteiger partial charge in [-0.15, -0.1) is 0 Å². The van der Waals surface area contributed by atoms with Gasteiger partial charge < -0.3 is 52.5 Å². The summed E-state index contributed by atoms with van der Waals surface area (Å²) in [6.45, 7) is 5.51. The van der Waals surface area contributed by atoms with Crippen LogP contribution in [0.2, 0.25) is 0 Å². The van der Waals surface area contributed by atoms with E-state index in [9.17, 15) is 26.5 Å². The number of methoxy groups -OCH3 is 1. The number of aliphatic hydroxyl groups is 1. The maximum Gasteiger partial charge on any atom is 0.305 e. The smallest absolute Gasteiger partial charge is 0.305 e. The number of hydrogen-bond acceptors (Lipinski definition) is 15. The van der Waals surface area contributed by atoms with Crippen molar-refractivity contribution < 1.29 is 57.3 Å². The zero-order valence-corrected chi connectivity index (χ0v) is 37.9. The van der Waals surface area contributed by atoms with Gasteiger partial charge in [0.25, 0.3) is 0 Å². The summed E-state index contributed by atoms with van der Waals surface area (Å²) in [5.74, 6) is -0.306. The van der Waals surface area contributed by atoms with Crippen LogP contribution in [0.5, 0.6) is 0 Å². The molecule has 3 heterocycles. The summed E-state index contributed by atoms with van der Waals surface area (Å²) in [7, 11) is 1.35. The second-order valence-corrected chi connectivity index (χ2v) is 16.4. The van der Waals surface area contributed by atoms with Gasteiger partial charge in [0.2, 0.25) is 0 Å². The molecule has 3 aliphatic rings. The summed E-state index contributed by atoms with van der Waals surface area (Å²) in [5.41, 5.74) is 31.7. The van der Waals surface area contributed by atoms with Crippen LogP contribution >= 0.6 is 0 Å². The molecule has 0 saturated carbocycles. The molecule has 360 valence electrons. The Hall–Kier alpha value is -5.34. The van der Waals surface area contributed by atoms with Crippen molar-refractivity contribution in [2.24, 2.45) is 15.3 Å². The van der Waals surface area contributed by atoms with Gasteiger partial charge in [-0.25, -0.2) is 0 Å². The molecule has 3 aromatic rings. The molecule has 67 heavy (non-hydrogen) atoms. The topological polar surface area (TPSA) is 276 Å². The normalized spacial score (nSPS) is 31.6. The van der Waals surface area contributed by atoms with Crippen LogP contribution in [0.15, 0.2) is 106 Å². The number of hydrogen-bond donors (Lipinski definition) is 1. The summed E-state index contributed by atoms with van der Waals surface area (Å²) >= 11 is 0. The molecule has 3 aliphatic heterocycles. The molecule has 0 spiro atoms. The summed E-state index contributed by atoms with van der Waals surface area (Å²) in [6, 6.07) is 25.2. The van der Waals surface area contributed by atoms with Gasteiger partial charge in [0.1, 0.15) is 30.5 Å². The van der Waals surface area contributed by atoms with Gasteiger partial charge >= 0.3 is 5.97 Å². The van der Waals surface area contributed by atoms with E-state index in [4.69, 9.17) is 47.4 Å². The Kier molecular flexibility index (Phi) is 20.0. The number of azide groups is 3. The molecule has 21 nitrogen and oxygen atoms in total. The molecule has 15 atom stereocenters. The molecule has 0 aliphatic carbocycles. The number of nitrogens with zero attached hydrogens (tertiary/aromatic N) is 9. The van der Waals surface area contributed by atoms with Crippen LogP contribution in [0, 0.1) is 0 Å². The lowest BCUT2D eigenvalue weighted by Crippen LogP contribution is -2.66. The molecule has 0 aromatic heterocycles. The molecule has 3 fully saturated rings. The average Bonchev–Trinajstić information content (AvgIpc) is 3.34. The molecule has 3 saturated heterocycles. The SMILES string of the molecule is COC(=O)CCCCCO[C@H]1OC(C)C(N=[N+]=[N-])C(OCc2ccccc2)C1O[C@H]1OC(C)C(N=[N+]=[N-])C(OCc2ccccc2)C1O[C@H]1OC(C)C(N=[N+]=[N-])C(OCc2ccccc2)C1O. The lowest BCUT2D eigenvalue weighted by Gasteiger charge is -2.50. The Bertz CT molecular complexity index is 2120. The first-order valence-electron chi connectivity index (χ1n) is 22.4. The van der Waals surface area contributed by atoms with Crippen molar-refractivity contribution in [3.63, 3.8) is 0 Å². The number of ether oxygens (including phenoxy) is 10. The first kappa shape index (κ1) is 51.1. The zero-order chi connectivity index (χ0) is 47.5. The molecule has 0 amide bonds. The molecule has 12 unspecified atom stereocenters. The Morgan fingerprint density at radius 3 is 1.42 bits per heavy atom. The van der Waals surface area contributed by atoms with Crippen LogP contribution in [0.25, 0.3) is 31.3 Å². The lowest BCUT2D eigenvalue weighted by atomic mass is 9.94. The highest BCUT2D eigenvalue weighted by Gasteiger charge is 2.55. The van der Waals surface area contributed by atoms with Crippen LogP contribution in [-0.4, -0.2) is 117 Å². The van der Waals surface area contributed by atoms with E-state index in [2.05, 4.69) is 30.1 Å². The third-order valence-electron chi connectivity index (χ3n) is 11.8. The lowest BCUT2D eigenvalue weighted by molar-refractivity contribution is -0.378. The van der Waals surface area contributed by atoms with E-state index in [0.717, 1.165) is 16.7 Å². The molecule has 6 rings (SSSR count). The third-order valence-corrected chi connectivity index (χ3v) is 11.8. The fraction of sp³-hybridized carbons (Fsp3) is 0.587. The number of carbonyl (C=O) groups is 1. The van der Waals surface area contributed by atoms with Crippen LogP contribution in [-0.2, 0) is 72.0 Å². The van der Waals surface area contributed by atoms with E-state index in [0.29, 0.717) is 19.3 Å². The summed E-state index contributed by atoms with van der Waals surface area (Å²) in [4.78, 5) is 21.0. The first-order chi connectivity index (χ1) is 32.6. The van der Waals surface area contributed by atoms with Crippen molar-refractivity contribution in [2.75, 3.05) is 13.7 Å². The highest BCUT2D eigenvalue weighted by molar-refractivity contribution is 5.68. The van der Waals surface area contributed by atoms with E-state index in [1.165, 1.54) is 7.11 Å². The summed E-state index contributed by atoms with van der Waals surface area (Å²) in [6.07, 6.45) is -11.6. The van der Waals surface area contributed by atoms with Crippen molar-refractivity contribution in [3.8, 4) is 0 Å².